The molecule has 0 saturated heterocycles. The van der Waals surface area contributed by atoms with Gasteiger partial charge in [0.1, 0.15) is 18.7 Å². The molecule has 0 radical (unpaired) electrons. The number of aromatic nitrogens is 3. The van der Waals surface area contributed by atoms with Crippen LogP contribution in [0.25, 0.3) is 0 Å². The summed E-state index contributed by atoms with van der Waals surface area (Å²) in [5.41, 5.74) is 3.44. The quantitative estimate of drug-likeness (QED) is 0.684. The van der Waals surface area contributed by atoms with Gasteiger partial charge < -0.3 is 10.1 Å². The standard InChI is InChI=1S/C17H17BrN4O/c1-12-2-4-13(5-3-12)10-23-16-7-6-15(18)8-14(16)9-19-17-20-11-21-22-17/h2-8,11H,9-10H2,1H3,(H2,19,20,21,22). The fourth-order valence-corrected chi connectivity index (χ4v) is 2.55. The fourth-order valence-electron chi connectivity index (χ4n) is 2.14. The average Bonchev–Trinajstić information content (AvgIpc) is 3.07. The molecule has 1 aromatic heterocycles. The zero-order chi connectivity index (χ0) is 16.1. The van der Waals surface area contributed by atoms with Crippen molar-refractivity contribution in [3.63, 3.8) is 0 Å². The molecular formula is C17H17BrN4O. The van der Waals surface area contributed by atoms with Crippen molar-refractivity contribution in [2.75, 3.05) is 5.32 Å². The molecule has 0 aliphatic carbocycles. The Kier molecular flexibility index (Phi) is 4.92. The molecule has 3 aromatic rings. The molecule has 3 rings (SSSR count). The van der Waals surface area contributed by atoms with Crippen LogP contribution in [-0.4, -0.2) is 15.2 Å². The van der Waals surface area contributed by atoms with Crippen LogP contribution in [-0.2, 0) is 13.2 Å². The van der Waals surface area contributed by atoms with Crippen LogP contribution in [0.5, 0.6) is 5.75 Å². The summed E-state index contributed by atoms with van der Waals surface area (Å²) in [6.07, 6.45) is 1.47. The highest BCUT2D eigenvalue weighted by molar-refractivity contribution is 9.10. The Morgan fingerprint density at radius 3 is 2.74 bits per heavy atom. The van der Waals surface area contributed by atoms with Gasteiger partial charge in [0.15, 0.2) is 0 Å². The maximum atomic E-state index is 5.98. The maximum Gasteiger partial charge on any atom is 0.218 e. The molecule has 5 nitrogen and oxygen atoms in total. The minimum absolute atomic E-state index is 0.539. The summed E-state index contributed by atoms with van der Waals surface area (Å²) in [7, 11) is 0. The third kappa shape index (κ3) is 4.32. The summed E-state index contributed by atoms with van der Waals surface area (Å²) in [5.74, 6) is 1.48. The van der Waals surface area contributed by atoms with E-state index >= 15 is 0 Å². The van der Waals surface area contributed by atoms with E-state index < -0.39 is 0 Å². The van der Waals surface area contributed by atoms with Gasteiger partial charge in [-0.05, 0) is 30.7 Å². The number of nitrogens with one attached hydrogen (secondary N) is 2. The highest BCUT2D eigenvalue weighted by Gasteiger charge is 2.06. The second-order valence-corrected chi connectivity index (χ2v) is 6.13. The van der Waals surface area contributed by atoms with Gasteiger partial charge in [-0.15, -0.1) is 0 Å². The molecule has 6 heteroatoms. The molecular weight excluding hydrogens is 356 g/mol. The van der Waals surface area contributed by atoms with E-state index in [0.29, 0.717) is 19.1 Å². The topological polar surface area (TPSA) is 62.8 Å². The van der Waals surface area contributed by atoms with Gasteiger partial charge in [-0.25, -0.2) is 10.1 Å². The first-order valence-electron chi connectivity index (χ1n) is 7.27. The molecule has 1 heterocycles. The van der Waals surface area contributed by atoms with Gasteiger partial charge in [-0.1, -0.05) is 45.8 Å². The number of benzene rings is 2. The van der Waals surface area contributed by atoms with Crippen LogP contribution in [0.15, 0.2) is 53.3 Å². The van der Waals surface area contributed by atoms with Crippen molar-refractivity contribution in [1.82, 2.24) is 15.2 Å². The lowest BCUT2D eigenvalue weighted by atomic mass is 10.1. The predicted molar refractivity (Wildman–Crippen MR) is 93.4 cm³/mol. The number of rotatable bonds is 6. The summed E-state index contributed by atoms with van der Waals surface area (Å²) in [4.78, 5) is 4.05. The Morgan fingerprint density at radius 1 is 1.17 bits per heavy atom. The molecule has 0 atom stereocenters. The van der Waals surface area contributed by atoms with Gasteiger partial charge >= 0.3 is 0 Å². The number of nitrogens with zero attached hydrogens (tertiary/aromatic N) is 2. The molecule has 0 aliphatic heterocycles. The van der Waals surface area contributed by atoms with E-state index in [2.05, 4.69) is 67.6 Å². The molecule has 0 aliphatic rings. The van der Waals surface area contributed by atoms with Crippen LogP contribution in [0.1, 0.15) is 16.7 Å². The van der Waals surface area contributed by atoms with E-state index in [-0.39, 0.29) is 0 Å². The molecule has 0 unspecified atom stereocenters. The number of H-pyrrole nitrogens is 1. The van der Waals surface area contributed by atoms with E-state index in [1.807, 2.05) is 18.2 Å². The van der Waals surface area contributed by atoms with Crippen molar-refractivity contribution in [2.45, 2.75) is 20.1 Å². The van der Waals surface area contributed by atoms with Crippen molar-refractivity contribution < 1.29 is 4.74 Å². The van der Waals surface area contributed by atoms with Crippen LogP contribution in [0, 0.1) is 6.92 Å². The van der Waals surface area contributed by atoms with Crippen molar-refractivity contribution >= 4 is 21.9 Å². The number of hydrogen-bond donors (Lipinski definition) is 2. The number of aryl methyl sites for hydroxylation is 1. The summed E-state index contributed by atoms with van der Waals surface area (Å²) in [6, 6.07) is 14.3. The lowest BCUT2D eigenvalue weighted by Gasteiger charge is -2.13. The van der Waals surface area contributed by atoms with E-state index in [1.165, 1.54) is 11.9 Å². The van der Waals surface area contributed by atoms with Crippen molar-refractivity contribution in [1.29, 1.82) is 0 Å². The van der Waals surface area contributed by atoms with Crippen LogP contribution in [0.2, 0.25) is 0 Å². The highest BCUT2D eigenvalue weighted by Crippen LogP contribution is 2.25. The van der Waals surface area contributed by atoms with Crippen molar-refractivity contribution in [3.05, 3.63) is 70.0 Å². The lowest BCUT2D eigenvalue weighted by Crippen LogP contribution is -2.05. The molecule has 23 heavy (non-hydrogen) atoms. The third-order valence-corrected chi connectivity index (χ3v) is 3.89. The minimum Gasteiger partial charge on any atom is -0.489 e. The second kappa shape index (κ2) is 7.28. The molecule has 0 bridgehead atoms. The largest absolute Gasteiger partial charge is 0.489 e. The molecule has 2 aromatic carbocycles. The van der Waals surface area contributed by atoms with Gasteiger partial charge in [0.25, 0.3) is 0 Å². The summed E-state index contributed by atoms with van der Waals surface area (Å²) in [5, 5.41) is 9.78. The van der Waals surface area contributed by atoms with E-state index in [1.54, 1.807) is 0 Å². The monoisotopic (exact) mass is 372 g/mol. The Morgan fingerprint density at radius 2 is 2.00 bits per heavy atom. The van der Waals surface area contributed by atoms with Crippen LogP contribution < -0.4 is 10.1 Å². The fraction of sp³-hybridized carbons (Fsp3) is 0.176. The summed E-state index contributed by atoms with van der Waals surface area (Å²) in [6.45, 7) is 3.21. The van der Waals surface area contributed by atoms with Crippen molar-refractivity contribution in [3.8, 4) is 5.75 Å². The highest BCUT2D eigenvalue weighted by atomic mass is 79.9. The Balaban J connectivity index is 1.69. The zero-order valence-corrected chi connectivity index (χ0v) is 14.3. The first-order valence-corrected chi connectivity index (χ1v) is 8.06. The smallest absolute Gasteiger partial charge is 0.218 e. The predicted octanol–water partition coefficient (Wildman–Crippen LogP) is 4.07. The van der Waals surface area contributed by atoms with Gasteiger partial charge in [-0.3, -0.25) is 0 Å². The van der Waals surface area contributed by atoms with Crippen molar-refractivity contribution in [2.24, 2.45) is 0 Å². The molecule has 118 valence electrons. The van der Waals surface area contributed by atoms with E-state index in [4.69, 9.17) is 4.74 Å². The average molecular weight is 373 g/mol. The number of halogens is 1. The zero-order valence-electron chi connectivity index (χ0n) is 12.7. The molecule has 0 spiro atoms. The van der Waals surface area contributed by atoms with Crippen LogP contribution in [0.3, 0.4) is 0 Å². The number of hydrogen-bond acceptors (Lipinski definition) is 4. The molecule has 0 amide bonds. The maximum absolute atomic E-state index is 5.98. The van der Waals surface area contributed by atoms with Crippen LogP contribution >= 0.6 is 15.9 Å². The molecule has 0 fully saturated rings. The number of aromatic amines is 1. The Hall–Kier alpha value is -2.34. The third-order valence-electron chi connectivity index (χ3n) is 3.40. The van der Waals surface area contributed by atoms with E-state index in [9.17, 15) is 0 Å². The number of ether oxygens (including phenoxy) is 1. The van der Waals surface area contributed by atoms with Gasteiger partial charge in [0.05, 0.1) is 0 Å². The lowest BCUT2D eigenvalue weighted by molar-refractivity contribution is 0.303. The van der Waals surface area contributed by atoms with Gasteiger partial charge in [-0.2, -0.15) is 5.10 Å². The summed E-state index contributed by atoms with van der Waals surface area (Å²) < 4.78 is 6.99. The first-order chi connectivity index (χ1) is 11.2. The molecule has 0 saturated carbocycles. The normalized spacial score (nSPS) is 10.5. The van der Waals surface area contributed by atoms with Crippen LogP contribution in [0.4, 0.5) is 5.95 Å². The number of anilines is 1. The van der Waals surface area contributed by atoms with Gasteiger partial charge in [0.2, 0.25) is 5.95 Å². The summed E-state index contributed by atoms with van der Waals surface area (Å²) >= 11 is 3.50. The SMILES string of the molecule is Cc1ccc(COc2ccc(Br)cc2CNc2ncn[nH]2)cc1. The Labute approximate surface area is 143 Å². The second-order valence-electron chi connectivity index (χ2n) is 5.21. The Bertz CT molecular complexity index is 757. The van der Waals surface area contributed by atoms with E-state index in [0.717, 1.165) is 21.3 Å². The first kappa shape index (κ1) is 15.6. The van der Waals surface area contributed by atoms with Gasteiger partial charge in [0, 0.05) is 16.6 Å². The minimum atomic E-state index is 0.539. The molecule has 2 N–H and O–H groups in total.